The monoisotopic (exact) mass is 439 g/mol. The quantitative estimate of drug-likeness (QED) is 0.577. The van der Waals surface area contributed by atoms with Gasteiger partial charge in [0.25, 0.3) is 11.5 Å². The fourth-order valence-electron chi connectivity index (χ4n) is 5.96. The van der Waals surface area contributed by atoms with Crippen molar-refractivity contribution in [3.63, 3.8) is 0 Å². The molecule has 5 rings (SSSR count). The van der Waals surface area contributed by atoms with Crippen LogP contribution in [0, 0.1) is 11.8 Å². The number of nitrogens with two attached hydrogens (primary N) is 2. The van der Waals surface area contributed by atoms with E-state index in [0.717, 1.165) is 12.8 Å². The molecule has 0 radical (unpaired) electrons. The number of alkyl halides is 3. The largest absolute Gasteiger partial charge is 0.399 e. The van der Waals surface area contributed by atoms with Crippen LogP contribution in [0.5, 0.6) is 0 Å². The molecule has 1 aromatic rings. The molecule has 2 saturated carbocycles. The molecule has 0 bridgehead atoms. The number of rotatable bonds is 2. The Hall–Kier alpha value is -2.07. The molecule has 1 aliphatic heterocycles. The van der Waals surface area contributed by atoms with E-state index < -0.39 is 41.3 Å². The van der Waals surface area contributed by atoms with Crippen molar-refractivity contribution in [2.45, 2.75) is 69.2 Å². The highest BCUT2D eigenvalue weighted by molar-refractivity contribution is 5.62. The van der Waals surface area contributed by atoms with Crippen LogP contribution >= 0.6 is 0 Å². The molecule has 10 heteroatoms. The van der Waals surface area contributed by atoms with Gasteiger partial charge in [-0.2, -0.15) is 0 Å². The maximum Gasteiger partial charge on any atom is 0.329 e. The highest BCUT2D eigenvalue weighted by Crippen LogP contribution is 2.43. The normalized spacial score (nSPS) is 35.6. The Morgan fingerprint density at radius 1 is 1.16 bits per heavy atom. The summed E-state index contributed by atoms with van der Waals surface area (Å²) in [5, 5.41) is 0.402. The third kappa shape index (κ3) is 3.09. The topological polar surface area (TPSA) is 110 Å². The zero-order valence-corrected chi connectivity index (χ0v) is 17.4. The van der Waals surface area contributed by atoms with Gasteiger partial charge in [-0.1, -0.05) is 0 Å². The lowest BCUT2D eigenvalue weighted by Crippen LogP contribution is -2.62. The third-order valence-electron chi connectivity index (χ3n) is 7.68. The Balaban J connectivity index is 1.62. The minimum absolute atomic E-state index is 0.0180. The Morgan fingerprint density at radius 2 is 1.87 bits per heavy atom. The smallest absolute Gasteiger partial charge is 0.329 e. The SMILES string of the molecule is CC1=c2c(c(=O)[nH]c(=O)n2C2CC2)=C(N)C(F)C1N1CC2CCCC(F)(F)C(N)C2C1. The zero-order valence-electron chi connectivity index (χ0n) is 17.4. The molecule has 2 heterocycles. The van der Waals surface area contributed by atoms with E-state index in [1.165, 1.54) is 4.57 Å². The van der Waals surface area contributed by atoms with Gasteiger partial charge in [0.2, 0.25) is 0 Å². The Morgan fingerprint density at radius 3 is 2.55 bits per heavy atom. The fraction of sp³-hybridized carbons (Fsp3) is 0.714. The Kier molecular flexibility index (Phi) is 4.68. The van der Waals surface area contributed by atoms with Gasteiger partial charge in [-0.15, -0.1) is 0 Å². The standard InChI is InChI=1S/C21H28F3N5O2/c1-9-16-13(19(30)27-20(31)29(16)11-4-5-11)15(25)14(22)17(9)28-7-10-3-2-6-21(23,24)18(26)12(10)8-28/h10-12,14,17-18H,2-8,25-26H2,1H3,(H,27,30,31). The van der Waals surface area contributed by atoms with Crippen LogP contribution in [-0.4, -0.2) is 51.7 Å². The minimum atomic E-state index is -2.94. The number of aromatic nitrogens is 2. The maximum atomic E-state index is 15.6. The summed E-state index contributed by atoms with van der Waals surface area (Å²) in [6.45, 7) is 2.39. The van der Waals surface area contributed by atoms with Crippen LogP contribution in [0.25, 0.3) is 11.3 Å². The summed E-state index contributed by atoms with van der Waals surface area (Å²) >= 11 is 0. The molecule has 5 atom stereocenters. The van der Waals surface area contributed by atoms with Crippen molar-refractivity contribution in [1.82, 2.24) is 14.5 Å². The van der Waals surface area contributed by atoms with E-state index in [9.17, 15) is 18.4 Å². The summed E-state index contributed by atoms with van der Waals surface area (Å²) in [6.07, 6.45) is 0.718. The van der Waals surface area contributed by atoms with Gasteiger partial charge in [0.1, 0.15) is 0 Å². The summed E-state index contributed by atoms with van der Waals surface area (Å²) in [5.41, 5.74) is 11.2. The van der Waals surface area contributed by atoms with E-state index in [1.54, 1.807) is 6.92 Å². The lowest BCUT2D eigenvalue weighted by molar-refractivity contribution is -0.0456. The molecule has 0 aromatic carbocycles. The molecule has 4 aliphatic rings. The van der Waals surface area contributed by atoms with Crippen molar-refractivity contribution in [3.8, 4) is 0 Å². The van der Waals surface area contributed by atoms with Gasteiger partial charge in [0, 0.05) is 25.6 Å². The van der Waals surface area contributed by atoms with Gasteiger partial charge in [0.05, 0.1) is 28.3 Å². The molecular weight excluding hydrogens is 411 g/mol. The second kappa shape index (κ2) is 6.96. The van der Waals surface area contributed by atoms with Crippen LogP contribution in [0.15, 0.2) is 9.59 Å². The molecule has 5 unspecified atom stereocenters. The van der Waals surface area contributed by atoms with Crippen molar-refractivity contribution in [1.29, 1.82) is 0 Å². The van der Waals surface area contributed by atoms with Crippen molar-refractivity contribution in [2.24, 2.45) is 23.3 Å². The molecule has 3 fully saturated rings. The number of H-pyrrole nitrogens is 1. The Labute approximate surface area is 176 Å². The molecule has 5 N–H and O–H groups in total. The van der Waals surface area contributed by atoms with Gasteiger partial charge < -0.3 is 11.5 Å². The molecule has 0 amide bonds. The lowest BCUT2D eigenvalue weighted by atomic mass is 9.87. The van der Waals surface area contributed by atoms with Gasteiger partial charge >= 0.3 is 5.69 Å². The van der Waals surface area contributed by atoms with Gasteiger partial charge in [-0.3, -0.25) is 19.2 Å². The molecule has 31 heavy (non-hydrogen) atoms. The van der Waals surface area contributed by atoms with Crippen LogP contribution < -0.4 is 33.3 Å². The molecule has 0 spiro atoms. The van der Waals surface area contributed by atoms with E-state index in [2.05, 4.69) is 4.98 Å². The van der Waals surface area contributed by atoms with Crippen molar-refractivity contribution < 1.29 is 13.2 Å². The number of hydrogen-bond acceptors (Lipinski definition) is 5. The third-order valence-corrected chi connectivity index (χ3v) is 7.68. The number of hydrogen-bond donors (Lipinski definition) is 3. The predicted octanol–water partition coefficient (Wildman–Crippen LogP) is -0.476. The highest BCUT2D eigenvalue weighted by atomic mass is 19.3. The van der Waals surface area contributed by atoms with Gasteiger partial charge in [-0.25, -0.2) is 18.0 Å². The van der Waals surface area contributed by atoms with Gasteiger partial charge in [0.15, 0.2) is 6.17 Å². The molecule has 1 aromatic heterocycles. The van der Waals surface area contributed by atoms with Crippen LogP contribution in [0.4, 0.5) is 13.2 Å². The average Bonchev–Trinajstić information content (AvgIpc) is 3.46. The number of nitrogens with zero attached hydrogens (tertiary/aromatic N) is 2. The first kappa shape index (κ1) is 20.8. The summed E-state index contributed by atoms with van der Waals surface area (Å²) in [5.74, 6) is -3.42. The van der Waals surface area contributed by atoms with E-state index in [-0.39, 0.29) is 35.8 Å². The molecule has 7 nitrogen and oxygen atoms in total. The summed E-state index contributed by atoms with van der Waals surface area (Å²) in [4.78, 5) is 29.2. The maximum absolute atomic E-state index is 15.6. The summed E-state index contributed by atoms with van der Waals surface area (Å²) in [6, 6.07) is -2.13. The molecule has 170 valence electrons. The molecular formula is C21H28F3N5O2. The molecule has 1 saturated heterocycles. The van der Waals surface area contributed by atoms with Crippen molar-refractivity contribution in [3.05, 3.63) is 31.4 Å². The van der Waals surface area contributed by atoms with Crippen LogP contribution in [-0.2, 0) is 0 Å². The fourth-order valence-corrected chi connectivity index (χ4v) is 5.96. The van der Waals surface area contributed by atoms with E-state index in [0.29, 0.717) is 30.3 Å². The first-order valence-electron chi connectivity index (χ1n) is 11.0. The zero-order chi connectivity index (χ0) is 22.2. The average molecular weight is 439 g/mol. The number of aromatic amines is 1. The predicted molar refractivity (Wildman–Crippen MR) is 110 cm³/mol. The van der Waals surface area contributed by atoms with Crippen molar-refractivity contribution in [2.75, 3.05) is 13.1 Å². The van der Waals surface area contributed by atoms with Gasteiger partial charge in [-0.05, 0) is 50.0 Å². The number of fused-ring (bicyclic) bond motifs is 2. The first-order chi connectivity index (χ1) is 14.6. The summed E-state index contributed by atoms with van der Waals surface area (Å²) in [7, 11) is 0. The van der Waals surface area contributed by atoms with Crippen molar-refractivity contribution >= 4 is 11.3 Å². The highest BCUT2D eigenvalue weighted by Gasteiger charge is 2.51. The number of halogens is 3. The second-order valence-corrected chi connectivity index (χ2v) is 9.63. The number of likely N-dealkylation sites (tertiary alicyclic amines) is 1. The Bertz CT molecular complexity index is 1160. The number of nitrogens with one attached hydrogen (secondary N) is 1. The second-order valence-electron chi connectivity index (χ2n) is 9.63. The van der Waals surface area contributed by atoms with Crippen LogP contribution in [0.3, 0.4) is 0 Å². The summed E-state index contributed by atoms with van der Waals surface area (Å²) < 4.78 is 45.9. The van der Waals surface area contributed by atoms with E-state index in [4.69, 9.17) is 11.5 Å². The van der Waals surface area contributed by atoms with E-state index in [1.807, 2.05) is 4.90 Å². The first-order valence-corrected chi connectivity index (χ1v) is 11.0. The minimum Gasteiger partial charge on any atom is -0.399 e. The van der Waals surface area contributed by atoms with Crippen LogP contribution in [0.2, 0.25) is 0 Å². The molecule has 3 aliphatic carbocycles. The van der Waals surface area contributed by atoms with E-state index >= 15 is 4.39 Å². The van der Waals surface area contributed by atoms with Crippen LogP contribution in [0.1, 0.15) is 45.1 Å². The lowest BCUT2D eigenvalue weighted by Gasteiger charge is -2.35.